The first-order chi connectivity index (χ1) is 17.5. The maximum absolute atomic E-state index is 13.6. The summed E-state index contributed by atoms with van der Waals surface area (Å²) in [6.45, 7) is 14.6. The van der Waals surface area contributed by atoms with Crippen molar-refractivity contribution in [3.8, 4) is 11.5 Å². The summed E-state index contributed by atoms with van der Waals surface area (Å²) in [5.41, 5.74) is 3.46. The second-order valence-corrected chi connectivity index (χ2v) is 9.98. The van der Waals surface area contributed by atoms with Crippen molar-refractivity contribution in [2.75, 3.05) is 45.3 Å². The fraction of sp³-hybridized carbons (Fsp3) is 0.500. The Kier molecular flexibility index (Phi) is 10.3. The van der Waals surface area contributed by atoms with Crippen LogP contribution in [0.15, 0.2) is 18.2 Å². The van der Waals surface area contributed by atoms with Gasteiger partial charge in [-0.2, -0.15) is 0 Å². The largest absolute Gasteiger partial charge is 0.494 e. The molecule has 0 aliphatic carbocycles. The molecule has 10 heteroatoms. The number of amidine groups is 1. The number of rotatable bonds is 10. The van der Waals surface area contributed by atoms with Gasteiger partial charge in [0.2, 0.25) is 0 Å². The van der Waals surface area contributed by atoms with Gasteiger partial charge in [-0.15, -0.1) is 17.0 Å². The topological polar surface area (TPSA) is 108 Å². The third kappa shape index (κ3) is 6.11. The molecule has 0 bridgehead atoms. The monoisotopic (exact) mass is 589 g/mol. The zero-order valence-corrected chi connectivity index (χ0v) is 25.4. The molecule has 38 heavy (non-hydrogen) atoms. The maximum atomic E-state index is 13.6. The highest BCUT2D eigenvalue weighted by Crippen LogP contribution is 2.40. The zero-order valence-electron chi connectivity index (χ0n) is 23.7. The van der Waals surface area contributed by atoms with Crippen LogP contribution in [0.2, 0.25) is 0 Å². The molecule has 1 aliphatic rings. The molecule has 2 N–H and O–H groups in total. The summed E-state index contributed by atoms with van der Waals surface area (Å²) in [7, 11) is 3.19. The number of nitrogens with zero attached hydrogens (tertiary/aromatic N) is 3. The van der Waals surface area contributed by atoms with E-state index < -0.39 is 0 Å². The van der Waals surface area contributed by atoms with Gasteiger partial charge in [-0.25, -0.2) is 4.98 Å². The Balaban J connectivity index is 0.00000507. The third-order valence-electron chi connectivity index (χ3n) is 6.55. The molecule has 0 fully saturated rings. The lowest BCUT2D eigenvalue weighted by Gasteiger charge is -2.30. The van der Waals surface area contributed by atoms with Gasteiger partial charge in [0.15, 0.2) is 17.2 Å². The molecule has 0 radical (unpaired) electrons. The van der Waals surface area contributed by atoms with Gasteiger partial charge in [0.1, 0.15) is 17.3 Å². The minimum Gasteiger partial charge on any atom is -0.494 e. The van der Waals surface area contributed by atoms with Crippen LogP contribution in [0, 0.1) is 5.41 Å². The molecular weight excluding hydrogens is 550 g/mol. The molecule has 1 aromatic heterocycles. The van der Waals surface area contributed by atoms with E-state index in [9.17, 15) is 9.59 Å². The van der Waals surface area contributed by atoms with E-state index in [2.05, 4.69) is 49.8 Å². The van der Waals surface area contributed by atoms with Crippen LogP contribution in [0.4, 0.5) is 5.69 Å². The first kappa shape index (κ1) is 31.1. The number of benzene rings is 1. The molecule has 0 spiro atoms. The van der Waals surface area contributed by atoms with Crippen molar-refractivity contribution in [2.24, 2.45) is 0 Å². The standard InChI is InChI=1S/C28H39N5O4.BrH/c1-9-32(10-2)20-13-17(12-19(25(20)36-8)28(4,5)6)21(34)16-33-15-18-14-22(37-11-3)24(27(35)30-7)31-23(18)26(33)29;/h12-14,29H,9-11,15-16H2,1-8H3,(H,30,35);1H. The van der Waals surface area contributed by atoms with Crippen molar-refractivity contribution in [2.45, 2.75) is 53.5 Å². The maximum Gasteiger partial charge on any atom is 0.273 e. The van der Waals surface area contributed by atoms with Gasteiger partial charge in [0, 0.05) is 43.4 Å². The lowest BCUT2D eigenvalue weighted by Crippen LogP contribution is -2.31. The van der Waals surface area contributed by atoms with Crippen LogP contribution in [0.5, 0.6) is 11.5 Å². The molecule has 1 amide bonds. The van der Waals surface area contributed by atoms with Crippen LogP contribution in [0.1, 0.15) is 79.2 Å². The average molecular weight is 591 g/mol. The number of methoxy groups -OCH3 is 1. The molecular formula is C28H40BrN5O4. The number of fused-ring (bicyclic) bond motifs is 1. The molecule has 0 saturated heterocycles. The predicted octanol–water partition coefficient (Wildman–Crippen LogP) is 4.59. The minimum atomic E-state index is -0.384. The summed E-state index contributed by atoms with van der Waals surface area (Å²) in [5, 5.41) is 11.3. The molecule has 0 atom stereocenters. The van der Waals surface area contributed by atoms with Gasteiger partial charge in [0.25, 0.3) is 5.91 Å². The zero-order chi connectivity index (χ0) is 27.5. The Morgan fingerprint density at radius 3 is 2.34 bits per heavy atom. The highest BCUT2D eigenvalue weighted by atomic mass is 79.9. The Bertz CT molecular complexity index is 1200. The van der Waals surface area contributed by atoms with E-state index in [0.29, 0.717) is 30.2 Å². The quantitative estimate of drug-likeness (QED) is 0.390. The first-order valence-electron chi connectivity index (χ1n) is 12.7. The number of nitrogens with one attached hydrogen (secondary N) is 2. The van der Waals surface area contributed by atoms with E-state index in [1.165, 1.54) is 7.05 Å². The SMILES string of the molecule is Br.CCOc1cc2c(nc1C(=O)NC)C(=N)N(CC(=O)c1cc(N(CC)CC)c(OC)c(C(C)(C)C)c1)C2. The average Bonchev–Trinajstić information content (AvgIpc) is 3.16. The highest BCUT2D eigenvalue weighted by molar-refractivity contribution is 8.93. The fourth-order valence-corrected chi connectivity index (χ4v) is 4.59. The number of aromatic nitrogens is 1. The van der Waals surface area contributed by atoms with Gasteiger partial charge in [-0.3, -0.25) is 15.0 Å². The van der Waals surface area contributed by atoms with Crippen LogP contribution in [-0.4, -0.2) is 67.8 Å². The van der Waals surface area contributed by atoms with E-state index >= 15 is 0 Å². The molecule has 9 nitrogen and oxygen atoms in total. The molecule has 3 rings (SSSR count). The summed E-state index contributed by atoms with van der Waals surface area (Å²) in [6, 6.07) is 5.56. The smallest absolute Gasteiger partial charge is 0.273 e. The third-order valence-corrected chi connectivity index (χ3v) is 6.55. The number of ether oxygens (including phenoxy) is 2. The number of carbonyl (C=O) groups is 2. The fourth-order valence-electron chi connectivity index (χ4n) is 4.59. The van der Waals surface area contributed by atoms with E-state index in [1.54, 1.807) is 18.1 Å². The van der Waals surface area contributed by atoms with Gasteiger partial charge in [0.05, 0.1) is 25.9 Å². The number of hydrogen-bond donors (Lipinski definition) is 2. The highest BCUT2D eigenvalue weighted by Gasteiger charge is 2.32. The first-order valence-corrected chi connectivity index (χ1v) is 12.7. The van der Waals surface area contributed by atoms with Crippen LogP contribution in [0.25, 0.3) is 0 Å². The minimum absolute atomic E-state index is 0. The number of pyridine rings is 1. The second kappa shape index (κ2) is 12.6. The van der Waals surface area contributed by atoms with E-state index in [-0.39, 0.29) is 52.2 Å². The normalized spacial score (nSPS) is 12.5. The Morgan fingerprint density at radius 1 is 1.16 bits per heavy atom. The molecule has 0 saturated carbocycles. The van der Waals surface area contributed by atoms with E-state index in [0.717, 1.165) is 35.7 Å². The van der Waals surface area contributed by atoms with E-state index in [1.807, 2.05) is 19.1 Å². The van der Waals surface area contributed by atoms with Crippen molar-refractivity contribution < 1.29 is 19.1 Å². The van der Waals surface area contributed by atoms with Gasteiger partial charge < -0.3 is 24.6 Å². The summed E-state index contributed by atoms with van der Waals surface area (Å²) >= 11 is 0. The Hall–Kier alpha value is -3.14. The number of anilines is 1. The summed E-state index contributed by atoms with van der Waals surface area (Å²) in [5.74, 6) is 0.782. The molecule has 2 aromatic rings. The number of amides is 1. The van der Waals surface area contributed by atoms with Gasteiger partial charge in [-0.05, 0) is 44.4 Å². The number of Topliss-reactive ketones (excluding diaryl/α,β-unsaturated/α-hetero) is 1. The number of hydrogen-bond acceptors (Lipinski definition) is 7. The van der Waals surface area contributed by atoms with Crippen LogP contribution in [-0.2, 0) is 12.0 Å². The molecule has 1 aliphatic heterocycles. The lowest BCUT2D eigenvalue weighted by atomic mass is 9.84. The summed E-state index contributed by atoms with van der Waals surface area (Å²) < 4.78 is 11.5. The van der Waals surface area contributed by atoms with Gasteiger partial charge >= 0.3 is 0 Å². The van der Waals surface area contributed by atoms with Crippen LogP contribution >= 0.6 is 17.0 Å². The van der Waals surface area contributed by atoms with Crippen molar-refractivity contribution in [1.29, 1.82) is 5.41 Å². The summed E-state index contributed by atoms with van der Waals surface area (Å²) in [6.07, 6.45) is 0. The van der Waals surface area contributed by atoms with Crippen LogP contribution in [0.3, 0.4) is 0 Å². The lowest BCUT2D eigenvalue weighted by molar-refractivity contribution is 0.0949. The molecule has 208 valence electrons. The molecule has 1 aromatic carbocycles. The van der Waals surface area contributed by atoms with Crippen molar-refractivity contribution in [1.82, 2.24) is 15.2 Å². The Labute approximate surface area is 236 Å². The van der Waals surface area contributed by atoms with Crippen molar-refractivity contribution in [3.63, 3.8) is 0 Å². The summed E-state index contributed by atoms with van der Waals surface area (Å²) in [4.78, 5) is 34.3. The van der Waals surface area contributed by atoms with Gasteiger partial charge in [-0.1, -0.05) is 20.8 Å². The van der Waals surface area contributed by atoms with Crippen molar-refractivity contribution >= 4 is 40.2 Å². The number of halogens is 1. The number of carbonyl (C=O) groups excluding carboxylic acids is 2. The van der Waals surface area contributed by atoms with Crippen LogP contribution < -0.4 is 19.7 Å². The van der Waals surface area contributed by atoms with E-state index in [4.69, 9.17) is 14.9 Å². The molecule has 2 heterocycles. The number of ketones is 1. The Morgan fingerprint density at radius 2 is 1.82 bits per heavy atom. The molecule has 0 unspecified atom stereocenters. The van der Waals surface area contributed by atoms with Crippen molar-refractivity contribution in [3.05, 3.63) is 46.3 Å². The predicted molar refractivity (Wildman–Crippen MR) is 156 cm³/mol. The second-order valence-electron chi connectivity index (χ2n) is 9.98.